The van der Waals surface area contributed by atoms with E-state index in [9.17, 15) is 4.79 Å². The van der Waals surface area contributed by atoms with Gasteiger partial charge < -0.3 is 28.4 Å². The van der Waals surface area contributed by atoms with Gasteiger partial charge >= 0.3 is 0 Å². The van der Waals surface area contributed by atoms with Gasteiger partial charge in [-0.3, -0.25) is 4.79 Å². The zero-order chi connectivity index (χ0) is 16.7. The van der Waals surface area contributed by atoms with Gasteiger partial charge in [0, 0.05) is 17.2 Å². The molecule has 0 aliphatic rings. The quantitative estimate of drug-likeness (QED) is 0.322. The molecule has 0 aliphatic heterocycles. The van der Waals surface area contributed by atoms with Crippen molar-refractivity contribution in [2.45, 2.75) is 0 Å². The Morgan fingerprint density at radius 1 is 1.16 bits per heavy atom. The van der Waals surface area contributed by atoms with Crippen molar-refractivity contribution in [3.63, 3.8) is 0 Å². The third kappa shape index (κ3) is 3.36. The van der Waals surface area contributed by atoms with Crippen LogP contribution in [-0.2, 0) is 7.05 Å². The molecule has 0 unspecified atom stereocenters. The third-order valence-electron chi connectivity index (χ3n) is 3.94. The van der Waals surface area contributed by atoms with Crippen LogP contribution in [0.3, 0.4) is 0 Å². The molecule has 0 N–H and O–H groups in total. The molecule has 2 heterocycles. The highest BCUT2D eigenvalue weighted by Crippen LogP contribution is 2.22. The fourth-order valence-corrected chi connectivity index (χ4v) is 3.89. The lowest BCUT2D eigenvalue weighted by molar-refractivity contribution is -0.642. The first-order chi connectivity index (χ1) is 11.6. The summed E-state index contributed by atoms with van der Waals surface area (Å²) in [6.45, 7) is 0. The number of hydrogen-bond donors (Lipinski definition) is 0. The van der Waals surface area contributed by atoms with Crippen molar-refractivity contribution < 1.29 is 33.0 Å². The average Bonchev–Trinajstić information content (AvgIpc) is 2.91. The molecule has 0 atom stereocenters. The number of hydrogen-bond acceptors (Lipinski definition) is 3. The van der Waals surface area contributed by atoms with Crippen LogP contribution < -0.4 is 34.0 Å². The maximum absolute atomic E-state index is 12.6. The smallest absolute Gasteiger partial charge is 0.262 e. The van der Waals surface area contributed by atoms with Crippen LogP contribution in [0.25, 0.3) is 33.3 Å². The molecule has 0 amide bonds. The summed E-state index contributed by atoms with van der Waals surface area (Å²) in [7, 11) is 2.02. The largest absolute Gasteiger partial charge is 1.00 e. The van der Waals surface area contributed by atoms with E-state index in [0.29, 0.717) is 21.6 Å². The molecular weight excluding hydrogens is 469 g/mol. The van der Waals surface area contributed by atoms with Gasteiger partial charge in [-0.15, -0.1) is 0 Å². The average molecular weight is 482 g/mol. The van der Waals surface area contributed by atoms with E-state index in [-0.39, 0.29) is 29.4 Å². The summed E-state index contributed by atoms with van der Waals surface area (Å²) in [5.41, 5.74) is 2.12. The number of rotatable bonds is 2. The number of aryl methyl sites for hydroxylation is 1. The number of halogens is 2. The second-order valence-electron chi connectivity index (χ2n) is 5.46. The molecule has 0 fully saturated rings. The lowest BCUT2D eigenvalue weighted by atomic mass is 10.1. The topological polar surface area (TPSA) is 34.1 Å². The summed E-state index contributed by atoms with van der Waals surface area (Å²) in [6.07, 6.45) is 5.21. The minimum atomic E-state index is -0.0845. The van der Waals surface area contributed by atoms with Crippen molar-refractivity contribution in [2.75, 3.05) is 0 Å². The Labute approximate surface area is 170 Å². The standard InChI is InChI=1S/C19H13ClNO2S.HI/c1-21-15-4-2-3-5-17(15)24-18(21)9-6-12-11-23-16-8-7-13(20)10-14(16)19(12)22;/h2-11H,1H3;1H/q+1;/p-1/b9-6+;. The molecule has 2 aromatic heterocycles. The van der Waals surface area contributed by atoms with Crippen LogP contribution in [0.4, 0.5) is 0 Å². The molecular formula is C19H13ClINO2S. The molecule has 2 aromatic carbocycles. The Bertz CT molecular complexity index is 1160. The zero-order valence-corrected chi connectivity index (χ0v) is 16.9. The highest BCUT2D eigenvalue weighted by Gasteiger charge is 2.14. The Morgan fingerprint density at radius 3 is 2.76 bits per heavy atom. The van der Waals surface area contributed by atoms with E-state index in [2.05, 4.69) is 16.7 Å². The normalized spacial score (nSPS) is 11.3. The van der Waals surface area contributed by atoms with Gasteiger partial charge in [-0.2, -0.15) is 4.57 Å². The van der Waals surface area contributed by atoms with Crippen molar-refractivity contribution in [3.05, 3.63) is 74.5 Å². The molecule has 3 nitrogen and oxygen atoms in total. The van der Waals surface area contributed by atoms with Crippen LogP contribution in [0.1, 0.15) is 10.6 Å². The molecule has 4 rings (SSSR count). The van der Waals surface area contributed by atoms with Gasteiger partial charge in [-0.05, 0) is 30.3 Å². The molecule has 6 heteroatoms. The fourth-order valence-electron chi connectivity index (χ4n) is 2.66. The monoisotopic (exact) mass is 481 g/mol. The summed E-state index contributed by atoms with van der Waals surface area (Å²) in [5.74, 6) is 0. The van der Waals surface area contributed by atoms with Gasteiger partial charge in [-0.25, -0.2) is 0 Å². The predicted octanol–water partition coefficient (Wildman–Crippen LogP) is 1.66. The lowest BCUT2D eigenvalue weighted by Crippen LogP contribution is -3.00. The van der Waals surface area contributed by atoms with Crippen molar-refractivity contribution in [1.82, 2.24) is 0 Å². The van der Waals surface area contributed by atoms with Crippen molar-refractivity contribution in [3.8, 4) is 0 Å². The zero-order valence-electron chi connectivity index (χ0n) is 13.2. The highest BCUT2D eigenvalue weighted by atomic mass is 127. The van der Waals surface area contributed by atoms with Gasteiger partial charge in [0.2, 0.25) is 5.52 Å². The fraction of sp³-hybridized carbons (Fsp3) is 0.0526. The number of aromatic nitrogens is 1. The molecule has 0 radical (unpaired) electrons. The number of thiazole rings is 1. The first-order valence-electron chi connectivity index (χ1n) is 7.40. The first-order valence-corrected chi connectivity index (χ1v) is 8.59. The summed E-state index contributed by atoms with van der Waals surface area (Å²) < 4.78 is 8.86. The second kappa shape index (κ2) is 7.27. The molecule has 0 spiro atoms. The van der Waals surface area contributed by atoms with Gasteiger partial charge in [-0.1, -0.05) is 35.1 Å². The minimum absolute atomic E-state index is 0. The highest BCUT2D eigenvalue weighted by molar-refractivity contribution is 7.18. The molecule has 0 saturated heterocycles. The Balaban J connectivity index is 0.00000182. The van der Waals surface area contributed by atoms with Crippen LogP contribution in [0.5, 0.6) is 0 Å². The second-order valence-corrected chi connectivity index (χ2v) is 6.96. The van der Waals surface area contributed by atoms with E-state index in [4.69, 9.17) is 16.0 Å². The summed E-state index contributed by atoms with van der Waals surface area (Å²) >= 11 is 7.66. The van der Waals surface area contributed by atoms with Crippen LogP contribution in [-0.4, -0.2) is 0 Å². The maximum Gasteiger partial charge on any atom is 0.262 e. The van der Waals surface area contributed by atoms with E-state index >= 15 is 0 Å². The molecule has 0 aliphatic carbocycles. The van der Waals surface area contributed by atoms with Gasteiger partial charge in [0.1, 0.15) is 23.6 Å². The summed E-state index contributed by atoms with van der Waals surface area (Å²) in [6, 6.07) is 13.3. The van der Waals surface area contributed by atoms with E-state index in [1.54, 1.807) is 35.6 Å². The Morgan fingerprint density at radius 2 is 1.96 bits per heavy atom. The number of para-hydroxylation sites is 1. The summed E-state index contributed by atoms with van der Waals surface area (Å²) in [4.78, 5) is 12.6. The van der Waals surface area contributed by atoms with Crippen molar-refractivity contribution >= 4 is 56.3 Å². The lowest BCUT2D eigenvalue weighted by Gasteiger charge is -1.98. The molecule has 4 aromatic rings. The Hall–Kier alpha value is -1.70. The molecule has 25 heavy (non-hydrogen) atoms. The van der Waals surface area contributed by atoms with E-state index < -0.39 is 0 Å². The minimum Gasteiger partial charge on any atom is -1.00 e. The van der Waals surface area contributed by atoms with Crippen LogP contribution in [0.2, 0.25) is 5.02 Å². The van der Waals surface area contributed by atoms with Gasteiger partial charge in [0.15, 0.2) is 5.43 Å². The third-order valence-corrected chi connectivity index (χ3v) is 5.36. The number of nitrogens with zero attached hydrogens (tertiary/aromatic N) is 1. The summed E-state index contributed by atoms with van der Waals surface area (Å²) in [5, 5.41) is 2.07. The van der Waals surface area contributed by atoms with Crippen molar-refractivity contribution in [2.24, 2.45) is 7.05 Å². The van der Waals surface area contributed by atoms with Crippen LogP contribution in [0, 0.1) is 0 Å². The SMILES string of the molecule is C[n+]1c(/C=C/c2coc3ccc(Cl)cc3c2=O)sc2ccccc21.[I-]. The van der Waals surface area contributed by atoms with E-state index in [0.717, 1.165) is 5.01 Å². The van der Waals surface area contributed by atoms with E-state index in [1.165, 1.54) is 16.5 Å². The molecule has 126 valence electrons. The number of benzene rings is 2. The predicted molar refractivity (Wildman–Crippen MR) is 99.4 cm³/mol. The van der Waals surface area contributed by atoms with Gasteiger partial charge in [0.25, 0.3) is 5.01 Å². The maximum atomic E-state index is 12.6. The van der Waals surface area contributed by atoms with Crippen LogP contribution in [0.15, 0.2) is 57.9 Å². The molecule has 0 saturated carbocycles. The van der Waals surface area contributed by atoms with Crippen LogP contribution >= 0.6 is 22.9 Å². The number of fused-ring (bicyclic) bond motifs is 2. The van der Waals surface area contributed by atoms with E-state index in [1.807, 2.05) is 25.3 Å². The molecule has 0 bridgehead atoms. The van der Waals surface area contributed by atoms with Crippen molar-refractivity contribution in [1.29, 1.82) is 0 Å². The van der Waals surface area contributed by atoms with Gasteiger partial charge in [0.05, 0.1) is 10.9 Å². The Kier molecular flexibility index (Phi) is 5.27. The first kappa shape index (κ1) is 18.1.